The van der Waals surface area contributed by atoms with Crippen molar-refractivity contribution in [3.63, 3.8) is 0 Å². The van der Waals surface area contributed by atoms with E-state index in [1.54, 1.807) is 11.3 Å². The molecule has 2 rings (SSSR count). The monoisotopic (exact) mass is 211 g/mol. The quantitative estimate of drug-likeness (QED) is 0.821. The molecule has 1 aliphatic rings. The molecule has 0 unspecified atom stereocenters. The Balaban J connectivity index is 1.96. The van der Waals surface area contributed by atoms with E-state index in [9.17, 15) is 0 Å². The third-order valence-corrected chi connectivity index (χ3v) is 3.63. The first-order chi connectivity index (χ1) is 6.79. The van der Waals surface area contributed by atoms with E-state index in [2.05, 4.69) is 22.2 Å². The summed E-state index contributed by atoms with van der Waals surface area (Å²) in [5.74, 6) is 0. The van der Waals surface area contributed by atoms with Crippen molar-refractivity contribution in [3.05, 3.63) is 16.1 Å². The summed E-state index contributed by atoms with van der Waals surface area (Å²) < 4.78 is 0. The second-order valence-corrected chi connectivity index (χ2v) is 4.92. The number of rotatable bonds is 3. The van der Waals surface area contributed by atoms with Crippen LogP contribution in [0.5, 0.6) is 0 Å². The van der Waals surface area contributed by atoms with Crippen LogP contribution in [0.3, 0.4) is 0 Å². The van der Waals surface area contributed by atoms with E-state index < -0.39 is 0 Å². The Morgan fingerprint density at radius 2 is 2.57 bits per heavy atom. The van der Waals surface area contributed by atoms with E-state index in [4.69, 9.17) is 5.73 Å². The molecule has 0 amide bonds. The highest BCUT2D eigenvalue weighted by molar-refractivity contribution is 7.09. The largest absolute Gasteiger partial charge is 0.329 e. The molecular weight excluding hydrogens is 194 g/mol. The first-order valence-corrected chi connectivity index (χ1v) is 6.02. The first kappa shape index (κ1) is 10.1. The minimum atomic E-state index is 0.581. The molecule has 0 aliphatic carbocycles. The van der Waals surface area contributed by atoms with Crippen LogP contribution in [0.2, 0.25) is 0 Å². The van der Waals surface area contributed by atoms with Gasteiger partial charge in [-0.2, -0.15) is 0 Å². The van der Waals surface area contributed by atoms with E-state index >= 15 is 0 Å². The minimum absolute atomic E-state index is 0.581. The highest BCUT2D eigenvalue weighted by atomic mass is 32.1. The van der Waals surface area contributed by atoms with Crippen LogP contribution in [0, 0.1) is 6.92 Å². The summed E-state index contributed by atoms with van der Waals surface area (Å²) >= 11 is 1.73. The van der Waals surface area contributed by atoms with Gasteiger partial charge in [0.1, 0.15) is 0 Å². The van der Waals surface area contributed by atoms with Gasteiger partial charge in [-0.1, -0.05) is 0 Å². The average Bonchev–Trinajstić information content (AvgIpc) is 2.76. The Bertz CT molecular complexity index is 297. The van der Waals surface area contributed by atoms with E-state index in [0.717, 1.165) is 18.1 Å². The molecule has 2 N–H and O–H groups in total. The molecule has 1 saturated heterocycles. The number of hydrogen-bond donors (Lipinski definition) is 1. The van der Waals surface area contributed by atoms with Gasteiger partial charge in [0.2, 0.25) is 0 Å². The zero-order chi connectivity index (χ0) is 9.97. The molecule has 3 nitrogen and oxygen atoms in total. The highest BCUT2D eigenvalue weighted by Crippen LogP contribution is 2.19. The lowest BCUT2D eigenvalue weighted by Crippen LogP contribution is -2.34. The van der Waals surface area contributed by atoms with Gasteiger partial charge >= 0.3 is 0 Å². The molecule has 0 saturated carbocycles. The fraction of sp³-hybridized carbons (Fsp3) is 0.700. The Hall–Kier alpha value is -0.450. The van der Waals surface area contributed by atoms with Crippen LogP contribution in [0.15, 0.2) is 5.38 Å². The smallest absolute Gasteiger partial charge is 0.0897 e. The Morgan fingerprint density at radius 1 is 1.71 bits per heavy atom. The molecule has 78 valence electrons. The molecule has 0 aromatic carbocycles. The third-order valence-electron chi connectivity index (χ3n) is 2.80. The van der Waals surface area contributed by atoms with Crippen molar-refractivity contribution in [2.75, 3.05) is 13.1 Å². The maximum Gasteiger partial charge on any atom is 0.0897 e. The summed E-state index contributed by atoms with van der Waals surface area (Å²) in [6, 6.07) is 0.581. The van der Waals surface area contributed by atoms with Gasteiger partial charge in [0.25, 0.3) is 0 Å². The van der Waals surface area contributed by atoms with Crippen molar-refractivity contribution in [3.8, 4) is 0 Å². The lowest BCUT2D eigenvalue weighted by atomic mass is 10.2. The summed E-state index contributed by atoms with van der Waals surface area (Å²) in [7, 11) is 0. The number of likely N-dealkylation sites (tertiary alicyclic amines) is 1. The summed E-state index contributed by atoms with van der Waals surface area (Å²) in [5, 5.41) is 3.31. The lowest BCUT2D eigenvalue weighted by Gasteiger charge is -2.21. The second-order valence-electron chi connectivity index (χ2n) is 3.86. The van der Waals surface area contributed by atoms with Crippen LogP contribution in [-0.4, -0.2) is 29.0 Å². The normalized spacial score (nSPS) is 23.1. The molecule has 14 heavy (non-hydrogen) atoms. The summed E-state index contributed by atoms with van der Waals surface area (Å²) in [4.78, 5) is 6.93. The van der Waals surface area contributed by atoms with E-state index in [1.807, 2.05) is 0 Å². The Morgan fingerprint density at radius 3 is 3.21 bits per heavy atom. The molecule has 0 bridgehead atoms. The van der Waals surface area contributed by atoms with Crippen molar-refractivity contribution >= 4 is 11.3 Å². The van der Waals surface area contributed by atoms with Gasteiger partial charge in [0.05, 0.1) is 10.7 Å². The van der Waals surface area contributed by atoms with Crippen LogP contribution < -0.4 is 5.73 Å². The van der Waals surface area contributed by atoms with Crippen LogP contribution in [-0.2, 0) is 6.54 Å². The van der Waals surface area contributed by atoms with Gasteiger partial charge < -0.3 is 5.73 Å². The molecule has 2 heterocycles. The van der Waals surface area contributed by atoms with Gasteiger partial charge in [-0.15, -0.1) is 11.3 Å². The topological polar surface area (TPSA) is 42.2 Å². The maximum absolute atomic E-state index is 5.72. The van der Waals surface area contributed by atoms with Crippen molar-refractivity contribution in [2.24, 2.45) is 5.73 Å². The van der Waals surface area contributed by atoms with E-state index in [-0.39, 0.29) is 0 Å². The van der Waals surface area contributed by atoms with Gasteiger partial charge in [-0.3, -0.25) is 4.90 Å². The zero-order valence-corrected chi connectivity index (χ0v) is 9.39. The fourth-order valence-electron chi connectivity index (χ4n) is 2.06. The zero-order valence-electron chi connectivity index (χ0n) is 8.57. The first-order valence-electron chi connectivity index (χ1n) is 5.14. The maximum atomic E-state index is 5.72. The second kappa shape index (κ2) is 4.38. The molecular formula is C10H17N3S. The fourth-order valence-corrected chi connectivity index (χ4v) is 2.66. The predicted molar refractivity (Wildman–Crippen MR) is 59.3 cm³/mol. The van der Waals surface area contributed by atoms with Gasteiger partial charge in [0, 0.05) is 24.5 Å². The molecule has 1 atom stereocenters. The van der Waals surface area contributed by atoms with Crippen molar-refractivity contribution in [2.45, 2.75) is 32.4 Å². The van der Waals surface area contributed by atoms with Crippen LogP contribution >= 0.6 is 11.3 Å². The third kappa shape index (κ3) is 2.13. The molecule has 1 fully saturated rings. The lowest BCUT2D eigenvalue weighted by molar-refractivity contribution is 0.248. The average molecular weight is 211 g/mol. The number of aromatic nitrogens is 1. The number of nitrogens with zero attached hydrogens (tertiary/aromatic N) is 2. The SMILES string of the molecule is Cc1nc(CN2CCC[C@@H]2CN)cs1. The highest BCUT2D eigenvalue weighted by Gasteiger charge is 2.23. The van der Waals surface area contributed by atoms with Gasteiger partial charge in [0.15, 0.2) is 0 Å². The molecule has 1 aromatic rings. The van der Waals surface area contributed by atoms with E-state index in [1.165, 1.54) is 25.1 Å². The standard InChI is InChI=1S/C10H17N3S/c1-8-12-9(7-14-8)6-13-4-2-3-10(13)5-11/h7,10H,2-6,11H2,1H3/t10-/m1/s1. The van der Waals surface area contributed by atoms with Crippen LogP contribution in [0.4, 0.5) is 0 Å². The number of thiazole rings is 1. The van der Waals surface area contributed by atoms with Crippen LogP contribution in [0.25, 0.3) is 0 Å². The van der Waals surface area contributed by atoms with Crippen molar-refractivity contribution in [1.29, 1.82) is 0 Å². The van der Waals surface area contributed by atoms with Crippen molar-refractivity contribution in [1.82, 2.24) is 9.88 Å². The van der Waals surface area contributed by atoms with Gasteiger partial charge in [-0.05, 0) is 26.3 Å². The predicted octanol–water partition coefficient (Wildman–Crippen LogP) is 1.37. The minimum Gasteiger partial charge on any atom is -0.329 e. The van der Waals surface area contributed by atoms with Crippen molar-refractivity contribution < 1.29 is 0 Å². The summed E-state index contributed by atoms with van der Waals surface area (Å²) in [6.07, 6.45) is 2.53. The summed E-state index contributed by atoms with van der Waals surface area (Å²) in [6.45, 7) is 4.99. The Kier molecular flexibility index (Phi) is 3.15. The number of hydrogen-bond acceptors (Lipinski definition) is 4. The Labute approximate surface area is 88.9 Å². The van der Waals surface area contributed by atoms with Crippen LogP contribution in [0.1, 0.15) is 23.5 Å². The number of aryl methyl sites for hydroxylation is 1. The number of nitrogens with two attached hydrogens (primary N) is 1. The molecule has 1 aromatic heterocycles. The molecule has 1 aliphatic heterocycles. The molecule has 0 spiro atoms. The summed E-state index contributed by atoms with van der Waals surface area (Å²) in [5.41, 5.74) is 6.93. The van der Waals surface area contributed by atoms with E-state index in [0.29, 0.717) is 6.04 Å². The molecule has 4 heteroatoms. The molecule has 0 radical (unpaired) electrons. The van der Waals surface area contributed by atoms with Gasteiger partial charge in [-0.25, -0.2) is 4.98 Å².